The maximum atomic E-state index is 12.8. The number of fused-ring (bicyclic) bond motifs is 1. The van der Waals surface area contributed by atoms with Crippen LogP contribution in [0.3, 0.4) is 0 Å². The molecule has 0 unspecified atom stereocenters. The molecule has 30 heavy (non-hydrogen) atoms. The number of halogens is 1. The number of amides is 1. The van der Waals surface area contributed by atoms with Gasteiger partial charge in [0.15, 0.2) is 0 Å². The van der Waals surface area contributed by atoms with Crippen LogP contribution in [0.25, 0.3) is 11.0 Å². The molecule has 7 heteroatoms. The number of nitrogens with zero attached hydrogens (tertiary/aromatic N) is 4. The minimum absolute atomic E-state index is 0.0743. The average Bonchev–Trinajstić information content (AvgIpc) is 3.34. The third kappa shape index (κ3) is 3.83. The summed E-state index contributed by atoms with van der Waals surface area (Å²) in [6.45, 7) is 5.99. The number of hydrogen-bond acceptors (Lipinski definition) is 4. The summed E-state index contributed by atoms with van der Waals surface area (Å²) >= 11 is 6.02. The zero-order chi connectivity index (χ0) is 20.5. The Bertz CT molecular complexity index is 1040. The molecule has 0 aliphatic carbocycles. The second kappa shape index (κ2) is 8.38. The summed E-state index contributed by atoms with van der Waals surface area (Å²) in [7, 11) is 0. The number of imidazole rings is 1. The molecule has 3 aromatic rings. The molecule has 156 valence electrons. The maximum absolute atomic E-state index is 12.8. The van der Waals surface area contributed by atoms with Crippen LogP contribution in [0.2, 0.25) is 5.02 Å². The van der Waals surface area contributed by atoms with Crippen LogP contribution in [0.4, 0.5) is 5.69 Å². The maximum Gasteiger partial charge on any atom is 0.227 e. The van der Waals surface area contributed by atoms with Crippen molar-refractivity contribution in [3.63, 3.8) is 0 Å². The van der Waals surface area contributed by atoms with Crippen LogP contribution in [0.15, 0.2) is 48.5 Å². The average molecular weight is 425 g/mol. The number of carbonyl (C=O) groups excluding carboxylic acids is 1. The van der Waals surface area contributed by atoms with Gasteiger partial charge in [-0.2, -0.15) is 0 Å². The highest BCUT2D eigenvalue weighted by molar-refractivity contribution is 6.30. The minimum atomic E-state index is 0.0743. The summed E-state index contributed by atoms with van der Waals surface area (Å²) in [6, 6.07) is 15.7. The van der Waals surface area contributed by atoms with Crippen molar-refractivity contribution in [2.24, 2.45) is 0 Å². The van der Waals surface area contributed by atoms with E-state index in [2.05, 4.69) is 27.7 Å². The van der Waals surface area contributed by atoms with Gasteiger partial charge in [-0.05, 0) is 36.4 Å². The summed E-state index contributed by atoms with van der Waals surface area (Å²) in [5, 5.41) is 0.673. The molecular weight excluding hydrogens is 400 g/mol. The lowest BCUT2D eigenvalue weighted by Gasteiger charge is -2.27. The second-order valence-electron chi connectivity index (χ2n) is 7.95. The molecule has 1 atom stereocenters. The fourth-order valence-electron chi connectivity index (χ4n) is 4.46. The van der Waals surface area contributed by atoms with Gasteiger partial charge in [0.25, 0.3) is 0 Å². The monoisotopic (exact) mass is 424 g/mol. The zero-order valence-corrected chi connectivity index (χ0v) is 17.6. The highest BCUT2D eigenvalue weighted by atomic mass is 35.5. The van der Waals surface area contributed by atoms with Crippen molar-refractivity contribution in [1.82, 2.24) is 14.5 Å². The molecule has 0 N–H and O–H groups in total. The van der Waals surface area contributed by atoms with E-state index < -0.39 is 0 Å². The number of benzene rings is 2. The number of para-hydroxylation sites is 2. The smallest absolute Gasteiger partial charge is 0.227 e. The molecule has 0 radical (unpaired) electrons. The molecule has 0 bridgehead atoms. The first kappa shape index (κ1) is 19.5. The van der Waals surface area contributed by atoms with Gasteiger partial charge in [-0.15, -0.1) is 0 Å². The fraction of sp³-hybridized carbons (Fsp3) is 0.391. The molecule has 6 nitrogen and oxygen atoms in total. The van der Waals surface area contributed by atoms with Crippen LogP contribution in [0.1, 0.15) is 18.2 Å². The highest BCUT2D eigenvalue weighted by Gasteiger charge is 2.34. The number of ether oxygens (including phenoxy) is 1. The Morgan fingerprint density at radius 2 is 1.80 bits per heavy atom. The number of aromatic nitrogens is 2. The van der Waals surface area contributed by atoms with Crippen LogP contribution >= 0.6 is 11.6 Å². The number of morpholine rings is 1. The molecular formula is C23H25ClN4O2. The van der Waals surface area contributed by atoms with Gasteiger partial charge < -0.3 is 14.2 Å². The molecule has 2 aromatic carbocycles. The molecule has 1 aromatic heterocycles. The third-order valence-electron chi connectivity index (χ3n) is 6.06. The largest absolute Gasteiger partial charge is 0.379 e. The molecule has 2 saturated heterocycles. The van der Waals surface area contributed by atoms with Crippen LogP contribution < -0.4 is 4.90 Å². The van der Waals surface area contributed by atoms with Crippen molar-refractivity contribution in [3.05, 3.63) is 59.4 Å². The number of hydrogen-bond donors (Lipinski definition) is 0. The molecule has 3 heterocycles. The van der Waals surface area contributed by atoms with Crippen molar-refractivity contribution in [2.45, 2.75) is 18.9 Å². The third-order valence-corrected chi connectivity index (χ3v) is 6.31. The number of anilines is 1. The predicted octanol–water partition coefficient (Wildman–Crippen LogP) is 3.54. The normalized spacial score (nSPS) is 20.4. The van der Waals surface area contributed by atoms with Crippen LogP contribution in [-0.4, -0.2) is 59.8 Å². The molecule has 2 aliphatic heterocycles. The van der Waals surface area contributed by atoms with Gasteiger partial charge in [0.1, 0.15) is 5.82 Å². The van der Waals surface area contributed by atoms with Gasteiger partial charge >= 0.3 is 0 Å². The molecule has 2 fully saturated rings. The SMILES string of the molecule is O=C1C[C@H](c2nc3ccccc3n2CCN2CCOCC2)CN1c1ccc(Cl)cc1. The van der Waals surface area contributed by atoms with Crippen molar-refractivity contribution in [3.8, 4) is 0 Å². The van der Waals surface area contributed by atoms with E-state index in [1.54, 1.807) is 0 Å². The summed E-state index contributed by atoms with van der Waals surface area (Å²) < 4.78 is 7.79. The summed E-state index contributed by atoms with van der Waals surface area (Å²) in [6.07, 6.45) is 0.476. The summed E-state index contributed by atoms with van der Waals surface area (Å²) in [5.41, 5.74) is 3.02. The van der Waals surface area contributed by atoms with Crippen molar-refractivity contribution in [2.75, 3.05) is 44.3 Å². The summed E-state index contributed by atoms with van der Waals surface area (Å²) in [4.78, 5) is 22.0. The first-order valence-electron chi connectivity index (χ1n) is 10.5. The van der Waals surface area contributed by atoms with Crippen LogP contribution in [0.5, 0.6) is 0 Å². The van der Waals surface area contributed by atoms with E-state index in [1.165, 1.54) is 0 Å². The van der Waals surface area contributed by atoms with E-state index in [4.69, 9.17) is 21.3 Å². The van der Waals surface area contributed by atoms with Crippen LogP contribution in [0, 0.1) is 0 Å². The van der Waals surface area contributed by atoms with Gasteiger partial charge in [-0.3, -0.25) is 9.69 Å². The van der Waals surface area contributed by atoms with E-state index in [0.717, 1.165) is 61.9 Å². The van der Waals surface area contributed by atoms with E-state index in [1.807, 2.05) is 35.2 Å². The Balaban J connectivity index is 1.42. The Kier molecular flexibility index (Phi) is 5.46. The Morgan fingerprint density at radius 3 is 2.60 bits per heavy atom. The Hall–Kier alpha value is -2.41. The molecule has 0 spiro atoms. The summed E-state index contributed by atoms with van der Waals surface area (Å²) in [5.74, 6) is 1.22. The van der Waals surface area contributed by atoms with Crippen LogP contribution in [-0.2, 0) is 16.1 Å². The number of carbonyl (C=O) groups is 1. The van der Waals surface area contributed by atoms with E-state index >= 15 is 0 Å². The topological polar surface area (TPSA) is 50.6 Å². The number of rotatable bonds is 5. The van der Waals surface area contributed by atoms with Crippen molar-refractivity contribution in [1.29, 1.82) is 0 Å². The van der Waals surface area contributed by atoms with Gasteiger partial charge in [0, 0.05) is 55.8 Å². The van der Waals surface area contributed by atoms with Gasteiger partial charge in [0.2, 0.25) is 5.91 Å². The van der Waals surface area contributed by atoms with E-state index in [0.29, 0.717) is 18.0 Å². The quantitative estimate of drug-likeness (QED) is 0.628. The second-order valence-corrected chi connectivity index (χ2v) is 8.38. The van der Waals surface area contributed by atoms with Gasteiger partial charge in [-0.25, -0.2) is 4.98 Å². The molecule has 1 amide bonds. The van der Waals surface area contributed by atoms with E-state index in [-0.39, 0.29) is 11.8 Å². The molecule has 0 saturated carbocycles. The Morgan fingerprint density at radius 1 is 1.03 bits per heavy atom. The lowest BCUT2D eigenvalue weighted by Crippen LogP contribution is -2.38. The predicted molar refractivity (Wildman–Crippen MR) is 118 cm³/mol. The van der Waals surface area contributed by atoms with Crippen molar-refractivity contribution >= 4 is 34.2 Å². The molecule has 2 aliphatic rings. The molecule has 5 rings (SSSR count). The Labute approximate surface area is 181 Å². The van der Waals surface area contributed by atoms with Gasteiger partial charge in [0.05, 0.1) is 24.2 Å². The lowest BCUT2D eigenvalue weighted by atomic mass is 10.1. The first-order chi connectivity index (χ1) is 14.7. The fourth-order valence-corrected chi connectivity index (χ4v) is 4.58. The van der Waals surface area contributed by atoms with E-state index in [9.17, 15) is 4.79 Å². The zero-order valence-electron chi connectivity index (χ0n) is 16.8. The highest BCUT2D eigenvalue weighted by Crippen LogP contribution is 2.33. The van der Waals surface area contributed by atoms with Gasteiger partial charge in [-0.1, -0.05) is 23.7 Å². The lowest BCUT2D eigenvalue weighted by molar-refractivity contribution is -0.117. The first-order valence-corrected chi connectivity index (χ1v) is 10.9. The standard InChI is InChI=1S/C23H25ClN4O2/c24-18-5-7-19(8-6-18)28-16-17(15-22(28)29)23-25-20-3-1-2-4-21(20)27(23)10-9-26-11-13-30-14-12-26/h1-8,17H,9-16H2/t17-/m0/s1. The minimum Gasteiger partial charge on any atom is -0.379 e. The van der Waals surface area contributed by atoms with Crippen molar-refractivity contribution < 1.29 is 9.53 Å².